The van der Waals surface area contributed by atoms with E-state index in [9.17, 15) is 14.4 Å². The van der Waals surface area contributed by atoms with Gasteiger partial charge in [-0.15, -0.1) is 0 Å². The van der Waals surface area contributed by atoms with Crippen LogP contribution in [0, 0.1) is 0 Å². The Bertz CT molecular complexity index is 935. The highest BCUT2D eigenvalue weighted by Gasteiger charge is 2.24. The number of nitrogens with one attached hydrogen (secondary N) is 1. The van der Waals surface area contributed by atoms with Crippen LogP contribution < -0.4 is 10.2 Å². The Morgan fingerprint density at radius 2 is 1.75 bits per heavy atom. The summed E-state index contributed by atoms with van der Waals surface area (Å²) in [4.78, 5) is 38.7. The first-order chi connectivity index (χ1) is 13.6. The van der Waals surface area contributed by atoms with E-state index < -0.39 is 0 Å². The fourth-order valence-electron chi connectivity index (χ4n) is 4.05. The van der Waals surface area contributed by atoms with Gasteiger partial charge in [0.05, 0.1) is 11.4 Å². The lowest BCUT2D eigenvalue weighted by Gasteiger charge is -2.19. The second-order valence-electron chi connectivity index (χ2n) is 7.47. The van der Waals surface area contributed by atoms with Gasteiger partial charge in [0.15, 0.2) is 5.78 Å². The highest BCUT2D eigenvalue weighted by atomic mass is 16.2. The van der Waals surface area contributed by atoms with E-state index in [-0.39, 0.29) is 30.4 Å². The molecule has 1 aliphatic heterocycles. The Balaban J connectivity index is 1.37. The predicted molar refractivity (Wildman–Crippen MR) is 109 cm³/mol. The summed E-state index contributed by atoms with van der Waals surface area (Å²) in [6, 6.07) is 13.2. The van der Waals surface area contributed by atoms with Crippen LogP contribution in [0.3, 0.4) is 0 Å². The Labute approximate surface area is 164 Å². The summed E-state index contributed by atoms with van der Waals surface area (Å²) >= 11 is 0. The molecule has 4 rings (SSSR count). The lowest BCUT2D eigenvalue weighted by atomic mass is 10.0. The standard InChI is InChI=1S/C23H24N2O3/c26-21(18-11-10-16-5-3-6-17(16)15-18)12-13-22(27)24-19-7-1-2-8-20(19)25-14-4-9-23(25)28/h1-2,7-8,10-11,15H,3-6,9,12-14H2,(H,24,27). The number of Topliss-reactive ketones (excluding diaryl/α,β-unsaturated/α-hetero) is 1. The molecule has 0 atom stereocenters. The van der Waals surface area contributed by atoms with E-state index >= 15 is 0 Å². The van der Waals surface area contributed by atoms with Gasteiger partial charge >= 0.3 is 0 Å². The molecular formula is C23H24N2O3. The quantitative estimate of drug-likeness (QED) is 0.778. The maximum atomic E-state index is 12.5. The first-order valence-corrected chi connectivity index (χ1v) is 9.96. The van der Waals surface area contributed by atoms with Crippen LogP contribution in [0.4, 0.5) is 11.4 Å². The van der Waals surface area contributed by atoms with Crippen molar-refractivity contribution in [3.05, 3.63) is 59.2 Å². The van der Waals surface area contributed by atoms with Crippen molar-refractivity contribution in [3.8, 4) is 0 Å². The molecule has 5 heteroatoms. The zero-order valence-electron chi connectivity index (χ0n) is 15.9. The minimum atomic E-state index is -0.214. The van der Waals surface area contributed by atoms with Gasteiger partial charge < -0.3 is 10.2 Å². The molecule has 0 saturated carbocycles. The normalized spacial score (nSPS) is 15.6. The van der Waals surface area contributed by atoms with Gasteiger partial charge in [-0.3, -0.25) is 14.4 Å². The van der Waals surface area contributed by atoms with Crippen molar-refractivity contribution in [1.82, 2.24) is 0 Å². The molecule has 0 unspecified atom stereocenters. The average molecular weight is 376 g/mol. The van der Waals surface area contributed by atoms with Crippen LogP contribution >= 0.6 is 0 Å². The van der Waals surface area contributed by atoms with Crippen molar-refractivity contribution in [2.75, 3.05) is 16.8 Å². The van der Waals surface area contributed by atoms with Gasteiger partial charge in [0.25, 0.3) is 0 Å². The second kappa shape index (κ2) is 7.97. The summed E-state index contributed by atoms with van der Waals surface area (Å²) in [5.41, 5.74) is 4.63. The van der Waals surface area contributed by atoms with Crippen molar-refractivity contribution in [2.45, 2.75) is 44.9 Å². The average Bonchev–Trinajstić information content (AvgIpc) is 3.34. The summed E-state index contributed by atoms with van der Waals surface area (Å²) in [7, 11) is 0. The minimum Gasteiger partial charge on any atom is -0.324 e. The Morgan fingerprint density at radius 1 is 0.929 bits per heavy atom. The number of anilines is 2. The highest BCUT2D eigenvalue weighted by Crippen LogP contribution is 2.29. The van der Waals surface area contributed by atoms with Gasteiger partial charge in [0.2, 0.25) is 11.8 Å². The van der Waals surface area contributed by atoms with E-state index in [4.69, 9.17) is 0 Å². The first-order valence-electron chi connectivity index (χ1n) is 9.96. The summed E-state index contributed by atoms with van der Waals surface area (Å²) < 4.78 is 0. The molecule has 0 aromatic heterocycles. The molecule has 0 radical (unpaired) electrons. The summed E-state index contributed by atoms with van der Waals surface area (Å²) in [5.74, 6) is -0.144. The minimum absolute atomic E-state index is 0.00661. The lowest BCUT2D eigenvalue weighted by Crippen LogP contribution is -2.25. The molecule has 1 fully saturated rings. The number of benzene rings is 2. The van der Waals surface area contributed by atoms with E-state index in [1.54, 1.807) is 11.0 Å². The molecule has 2 aromatic carbocycles. The largest absolute Gasteiger partial charge is 0.324 e. The van der Waals surface area contributed by atoms with E-state index in [2.05, 4.69) is 5.32 Å². The maximum absolute atomic E-state index is 12.5. The molecule has 1 saturated heterocycles. The number of carbonyl (C=O) groups is 3. The molecule has 0 bridgehead atoms. The van der Waals surface area contributed by atoms with Gasteiger partial charge in [0, 0.05) is 31.4 Å². The van der Waals surface area contributed by atoms with Gasteiger partial charge in [-0.05, 0) is 55.0 Å². The Kier molecular flexibility index (Phi) is 5.24. The Hall–Kier alpha value is -2.95. The molecule has 2 amide bonds. The molecule has 0 spiro atoms. The van der Waals surface area contributed by atoms with Crippen molar-refractivity contribution in [1.29, 1.82) is 0 Å². The van der Waals surface area contributed by atoms with Gasteiger partial charge in [-0.25, -0.2) is 0 Å². The van der Waals surface area contributed by atoms with Crippen LogP contribution in [0.2, 0.25) is 0 Å². The number of aryl methyl sites for hydroxylation is 2. The molecule has 1 N–H and O–H groups in total. The predicted octanol–water partition coefficient (Wildman–Crippen LogP) is 3.90. The molecule has 144 valence electrons. The van der Waals surface area contributed by atoms with Crippen LogP contribution in [0.5, 0.6) is 0 Å². The third-order valence-corrected chi connectivity index (χ3v) is 5.54. The molecular weight excluding hydrogens is 352 g/mol. The monoisotopic (exact) mass is 376 g/mol. The molecule has 28 heavy (non-hydrogen) atoms. The number of rotatable bonds is 6. The topological polar surface area (TPSA) is 66.5 Å². The second-order valence-corrected chi connectivity index (χ2v) is 7.47. The number of ketones is 1. The van der Waals surface area contributed by atoms with Crippen molar-refractivity contribution in [3.63, 3.8) is 0 Å². The van der Waals surface area contributed by atoms with Crippen LogP contribution in [-0.4, -0.2) is 24.1 Å². The van der Waals surface area contributed by atoms with Crippen molar-refractivity contribution in [2.24, 2.45) is 0 Å². The van der Waals surface area contributed by atoms with E-state index in [0.717, 1.165) is 31.4 Å². The van der Waals surface area contributed by atoms with Gasteiger partial charge in [-0.1, -0.05) is 24.3 Å². The SMILES string of the molecule is O=C(CCC(=O)c1ccc2c(c1)CCC2)Nc1ccccc1N1CCCC1=O. The molecule has 1 aliphatic carbocycles. The van der Waals surface area contributed by atoms with Crippen LogP contribution in [0.15, 0.2) is 42.5 Å². The van der Waals surface area contributed by atoms with Crippen LogP contribution in [0.25, 0.3) is 0 Å². The fraction of sp³-hybridized carbons (Fsp3) is 0.348. The van der Waals surface area contributed by atoms with Gasteiger partial charge in [-0.2, -0.15) is 0 Å². The zero-order valence-corrected chi connectivity index (χ0v) is 15.9. The number of fused-ring (bicyclic) bond motifs is 1. The number of hydrogen-bond donors (Lipinski definition) is 1. The van der Waals surface area contributed by atoms with E-state index in [1.807, 2.05) is 36.4 Å². The smallest absolute Gasteiger partial charge is 0.227 e. The van der Waals surface area contributed by atoms with Crippen molar-refractivity contribution < 1.29 is 14.4 Å². The number of para-hydroxylation sites is 2. The molecule has 1 heterocycles. The third kappa shape index (κ3) is 3.84. The van der Waals surface area contributed by atoms with E-state index in [0.29, 0.717) is 24.2 Å². The number of carbonyl (C=O) groups excluding carboxylic acids is 3. The lowest BCUT2D eigenvalue weighted by molar-refractivity contribution is -0.117. The van der Waals surface area contributed by atoms with Gasteiger partial charge in [0.1, 0.15) is 0 Å². The van der Waals surface area contributed by atoms with Crippen molar-refractivity contribution >= 4 is 29.0 Å². The molecule has 2 aliphatic rings. The summed E-state index contributed by atoms with van der Waals surface area (Å²) in [6.07, 6.45) is 4.93. The first kappa shape index (κ1) is 18.4. The van der Waals surface area contributed by atoms with E-state index in [1.165, 1.54) is 11.1 Å². The highest BCUT2D eigenvalue weighted by molar-refractivity contribution is 6.03. The summed E-state index contributed by atoms with van der Waals surface area (Å²) in [5, 5.41) is 2.87. The summed E-state index contributed by atoms with van der Waals surface area (Å²) in [6.45, 7) is 0.669. The van der Waals surface area contributed by atoms with Crippen LogP contribution in [-0.2, 0) is 22.4 Å². The fourth-order valence-corrected chi connectivity index (χ4v) is 4.05. The molecule has 2 aromatic rings. The zero-order chi connectivity index (χ0) is 19.5. The number of amides is 2. The van der Waals surface area contributed by atoms with Crippen LogP contribution in [0.1, 0.15) is 53.6 Å². The third-order valence-electron chi connectivity index (χ3n) is 5.54. The molecule has 5 nitrogen and oxygen atoms in total. The number of hydrogen-bond acceptors (Lipinski definition) is 3. The Morgan fingerprint density at radius 3 is 2.57 bits per heavy atom. The maximum Gasteiger partial charge on any atom is 0.227 e. The number of nitrogens with zero attached hydrogens (tertiary/aromatic N) is 1.